The van der Waals surface area contributed by atoms with Crippen LogP contribution in [0.15, 0.2) is 40.7 Å². The van der Waals surface area contributed by atoms with Crippen LogP contribution >= 0.6 is 0 Å². The monoisotopic (exact) mass is 309 g/mol. The first-order valence-corrected chi connectivity index (χ1v) is 7.39. The summed E-state index contributed by atoms with van der Waals surface area (Å²) >= 11 is 0. The van der Waals surface area contributed by atoms with Crippen molar-refractivity contribution in [3.05, 3.63) is 41.2 Å². The molecule has 0 bridgehead atoms. The van der Waals surface area contributed by atoms with E-state index in [1.165, 1.54) is 12.6 Å². The number of benzene rings is 1. The van der Waals surface area contributed by atoms with Crippen LogP contribution in [-0.2, 0) is 4.74 Å². The van der Waals surface area contributed by atoms with E-state index < -0.39 is 0 Å². The van der Waals surface area contributed by atoms with Crippen molar-refractivity contribution < 1.29 is 4.74 Å². The van der Waals surface area contributed by atoms with E-state index in [0.717, 1.165) is 30.8 Å². The van der Waals surface area contributed by atoms with Crippen LogP contribution in [0.4, 0.5) is 5.69 Å². The van der Waals surface area contributed by atoms with Crippen LogP contribution in [0.1, 0.15) is 18.4 Å². The van der Waals surface area contributed by atoms with Crippen LogP contribution in [0, 0.1) is 22.7 Å². The third kappa shape index (κ3) is 4.09. The predicted octanol–water partition coefficient (Wildman–Crippen LogP) is 1.94. The van der Waals surface area contributed by atoms with Gasteiger partial charge in [0.1, 0.15) is 17.8 Å². The summed E-state index contributed by atoms with van der Waals surface area (Å²) in [7, 11) is 1.73. The molecule has 1 aliphatic rings. The Morgan fingerprint density at radius 3 is 2.74 bits per heavy atom. The molecule has 0 radical (unpaired) electrons. The molecule has 1 saturated heterocycles. The summed E-state index contributed by atoms with van der Waals surface area (Å²) in [6, 6.07) is 11.9. The topological polar surface area (TPSA) is 98.4 Å². The van der Waals surface area contributed by atoms with Gasteiger partial charge in [0.25, 0.3) is 0 Å². The highest BCUT2D eigenvalue weighted by Crippen LogP contribution is 2.25. The maximum absolute atomic E-state index is 8.90. The highest BCUT2D eigenvalue weighted by atomic mass is 16.5. The van der Waals surface area contributed by atoms with Gasteiger partial charge in [0.2, 0.25) is 0 Å². The first kappa shape index (κ1) is 16.5. The second-order valence-corrected chi connectivity index (χ2v) is 5.28. The molecule has 23 heavy (non-hydrogen) atoms. The zero-order valence-corrected chi connectivity index (χ0v) is 13.1. The standard InChI is InChI=1S/C17H19N5O/c1-23-12-15-3-2-8-22(15)14-6-4-13(5-7-14)11-21-17(10-19)16(20)9-18/h4-7,11,15H,2-3,8,12,20H2,1H3/b17-16-,21-11?. The molecule has 2 N–H and O–H groups in total. The van der Waals surface area contributed by atoms with Crippen LogP contribution in [0.5, 0.6) is 0 Å². The molecule has 1 fully saturated rings. The summed E-state index contributed by atoms with van der Waals surface area (Å²) in [6.07, 6.45) is 3.84. The average Bonchev–Trinajstić information content (AvgIpc) is 3.04. The van der Waals surface area contributed by atoms with Crippen molar-refractivity contribution in [3.63, 3.8) is 0 Å². The van der Waals surface area contributed by atoms with E-state index in [0.29, 0.717) is 6.04 Å². The molecule has 0 saturated carbocycles. The summed E-state index contributed by atoms with van der Waals surface area (Å²) in [5.74, 6) is 0. The first-order chi connectivity index (χ1) is 11.2. The van der Waals surface area contributed by atoms with Crippen LogP contribution < -0.4 is 10.6 Å². The SMILES string of the molecule is COCC1CCCN1c1ccc(C=N/C(C#N)=C(\N)C#N)cc1. The molecule has 0 aromatic heterocycles. The molecule has 1 aromatic carbocycles. The molecule has 6 heteroatoms. The van der Waals surface area contributed by atoms with E-state index in [4.69, 9.17) is 21.0 Å². The molecule has 0 amide bonds. The third-order valence-electron chi connectivity index (χ3n) is 3.79. The first-order valence-electron chi connectivity index (χ1n) is 7.39. The van der Waals surface area contributed by atoms with Gasteiger partial charge in [-0.05, 0) is 30.5 Å². The lowest BCUT2D eigenvalue weighted by molar-refractivity contribution is 0.181. The molecule has 1 aliphatic heterocycles. The minimum absolute atomic E-state index is 0.0729. The number of aliphatic imine (C=N–C) groups is 1. The molecule has 2 rings (SSSR count). The summed E-state index contributed by atoms with van der Waals surface area (Å²) in [5.41, 5.74) is 7.14. The van der Waals surface area contributed by atoms with E-state index in [9.17, 15) is 0 Å². The smallest absolute Gasteiger partial charge is 0.174 e. The second kappa shape index (κ2) is 7.98. The van der Waals surface area contributed by atoms with Crippen molar-refractivity contribution in [2.45, 2.75) is 18.9 Å². The van der Waals surface area contributed by atoms with Crippen molar-refractivity contribution in [2.75, 3.05) is 25.2 Å². The van der Waals surface area contributed by atoms with Gasteiger partial charge in [-0.15, -0.1) is 0 Å². The number of allylic oxidation sites excluding steroid dienone is 2. The summed E-state index contributed by atoms with van der Waals surface area (Å²) in [6.45, 7) is 1.76. The van der Waals surface area contributed by atoms with Gasteiger partial charge in [0.05, 0.1) is 12.6 Å². The van der Waals surface area contributed by atoms with Gasteiger partial charge in [-0.25, -0.2) is 4.99 Å². The van der Waals surface area contributed by atoms with Gasteiger partial charge in [0, 0.05) is 25.6 Å². The zero-order valence-electron chi connectivity index (χ0n) is 13.1. The van der Waals surface area contributed by atoms with E-state index >= 15 is 0 Å². The van der Waals surface area contributed by atoms with Crippen molar-refractivity contribution in [1.29, 1.82) is 10.5 Å². The number of rotatable bonds is 5. The quantitative estimate of drug-likeness (QED) is 0.662. The van der Waals surface area contributed by atoms with E-state index in [-0.39, 0.29) is 11.4 Å². The lowest BCUT2D eigenvalue weighted by Crippen LogP contribution is -2.32. The summed E-state index contributed by atoms with van der Waals surface area (Å²) in [5, 5.41) is 17.6. The normalized spacial score (nSPS) is 18.6. The van der Waals surface area contributed by atoms with Crippen molar-refractivity contribution >= 4 is 11.9 Å². The Kier molecular flexibility index (Phi) is 5.74. The van der Waals surface area contributed by atoms with E-state index in [1.54, 1.807) is 13.2 Å². The van der Waals surface area contributed by atoms with Gasteiger partial charge in [-0.3, -0.25) is 0 Å². The molecule has 6 nitrogen and oxygen atoms in total. The number of nitrogens with zero attached hydrogens (tertiary/aromatic N) is 4. The molecular formula is C17H19N5O. The lowest BCUT2D eigenvalue weighted by Gasteiger charge is -2.26. The minimum Gasteiger partial charge on any atom is -0.388 e. The largest absolute Gasteiger partial charge is 0.388 e. The van der Waals surface area contributed by atoms with Crippen LogP contribution in [-0.4, -0.2) is 32.5 Å². The average molecular weight is 309 g/mol. The third-order valence-corrected chi connectivity index (χ3v) is 3.79. The van der Waals surface area contributed by atoms with Gasteiger partial charge >= 0.3 is 0 Å². The zero-order chi connectivity index (χ0) is 16.7. The van der Waals surface area contributed by atoms with Crippen molar-refractivity contribution in [3.8, 4) is 12.1 Å². The number of nitrogens with two attached hydrogens (primary N) is 1. The minimum atomic E-state index is -0.181. The summed E-state index contributed by atoms with van der Waals surface area (Å²) in [4.78, 5) is 6.31. The molecule has 0 spiro atoms. The number of ether oxygens (including phenoxy) is 1. The van der Waals surface area contributed by atoms with Crippen LogP contribution in [0.25, 0.3) is 0 Å². The Morgan fingerprint density at radius 2 is 2.13 bits per heavy atom. The van der Waals surface area contributed by atoms with E-state index in [2.05, 4.69) is 9.89 Å². The fourth-order valence-corrected chi connectivity index (χ4v) is 2.64. The number of hydrogen-bond donors (Lipinski definition) is 1. The summed E-state index contributed by atoms with van der Waals surface area (Å²) < 4.78 is 5.27. The van der Waals surface area contributed by atoms with Gasteiger partial charge in [0.15, 0.2) is 5.70 Å². The van der Waals surface area contributed by atoms with Gasteiger partial charge in [-0.1, -0.05) is 12.1 Å². The highest BCUT2D eigenvalue weighted by molar-refractivity contribution is 5.81. The number of methoxy groups -OCH3 is 1. The Bertz CT molecular complexity index is 678. The van der Waals surface area contributed by atoms with E-state index in [1.807, 2.05) is 30.3 Å². The molecule has 1 aromatic rings. The molecule has 1 heterocycles. The molecular weight excluding hydrogens is 290 g/mol. The second-order valence-electron chi connectivity index (χ2n) is 5.28. The Balaban J connectivity index is 2.11. The molecule has 118 valence electrons. The predicted molar refractivity (Wildman–Crippen MR) is 88.7 cm³/mol. The molecule has 0 aliphatic carbocycles. The Hall–Kier alpha value is -2.83. The maximum atomic E-state index is 8.90. The number of hydrogen-bond acceptors (Lipinski definition) is 6. The van der Waals surface area contributed by atoms with Crippen molar-refractivity contribution in [1.82, 2.24) is 0 Å². The fourth-order valence-electron chi connectivity index (χ4n) is 2.64. The lowest BCUT2D eigenvalue weighted by atomic mass is 10.2. The number of anilines is 1. The van der Waals surface area contributed by atoms with Gasteiger partial charge < -0.3 is 15.4 Å². The Labute approximate surface area is 136 Å². The molecule has 1 unspecified atom stereocenters. The Morgan fingerprint density at radius 1 is 1.39 bits per heavy atom. The van der Waals surface area contributed by atoms with Crippen LogP contribution in [0.3, 0.4) is 0 Å². The van der Waals surface area contributed by atoms with Gasteiger partial charge in [-0.2, -0.15) is 10.5 Å². The number of nitriles is 2. The highest BCUT2D eigenvalue weighted by Gasteiger charge is 2.24. The molecule has 1 atom stereocenters. The fraction of sp³-hybridized carbons (Fsp3) is 0.353. The van der Waals surface area contributed by atoms with Crippen LogP contribution in [0.2, 0.25) is 0 Å². The maximum Gasteiger partial charge on any atom is 0.174 e. The van der Waals surface area contributed by atoms with Crippen molar-refractivity contribution in [2.24, 2.45) is 10.7 Å².